The van der Waals surface area contributed by atoms with Crippen LogP contribution in [0.25, 0.3) is 11.3 Å². The number of hydrogen-bond acceptors (Lipinski definition) is 8. The predicted molar refractivity (Wildman–Crippen MR) is 137 cm³/mol. The van der Waals surface area contributed by atoms with Crippen LogP contribution in [0.4, 0.5) is 20.2 Å². The maximum Gasteiger partial charge on any atom is 0.188 e. The van der Waals surface area contributed by atoms with Gasteiger partial charge in [-0.25, -0.2) is 18.7 Å². The smallest absolute Gasteiger partial charge is 0.188 e. The monoisotopic (exact) mass is 508 g/mol. The van der Waals surface area contributed by atoms with Gasteiger partial charge in [-0.05, 0) is 45.2 Å². The number of halogens is 2. The van der Waals surface area contributed by atoms with Crippen LogP contribution in [0.5, 0.6) is 5.75 Å². The second-order valence-corrected chi connectivity index (χ2v) is 9.72. The van der Waals surface area contributed by atoms with Crippen LogP contribution in [-0.2, 0) is 6.42 Å². The van der Waals surface area contributed by atoms with Gasteiger partial charge in [0.15, 0.2) is 23.2 Å². The number of aromatic nitrogens is 3. The molecule has 0 amide bonds. The van der Waals surface area contributed by atoms with Crippen LogP contribution < -0.4 is 14.5 Å². The van der Waals surface area contributed by atoms with E-state index in [0.29, 0.717) is 18.8 Å². The molecule has 0 spiro atoms. The van der Waals surface area contributed by atoms with Gasteiger partial charge in [0.2, 0.25) is 0 Å². The summed E-state index contributed by atoms with van der Waals surface area (Å²) >= 11 is 0. The van der Waals surface area contributed by atoms with Crippen molar-refractivity contribution in [2.45, 2.75) is 26.3 Å². The van der Waals surface area contributed by atoms with Crippen molar-refractivity contribution in [3.05, 3.63) is 59.8 Å². The van der Waals surface area contributed by atoms with Gasteiger partial charge in [0, 0.05) is 37.8 Å². The molecule has 1 saturated heterocycles. The Balaban J connectivity index is 1.36. The van der Waals surface area contributed by atoms with E-state index in [1.54, 1.807) is 18.3 Å². The Hall–Kier alpha value is -3.66. The summed E-state index contributed by atoms with van der Waals surface area (Å²) in [6.07, 6.45) is 2.57. The molecule has 194 valence electrons. The summed E-state index contributed by atoms with van der Waals surface area (Å²) in [5.41, 5.74) is 2.01. The van der Waals surface area contributed by atoms with Crippen molar-refractivity contribution >= 4 is 17.2 Å². The summed E-state index contributed by atoms with van der Waals surface area (Å²) in [7, 11) is 2.09. The van der Waals surface area contributed by atoms with E-state index in [1.807, 2.05) is 24.8 Å². The number of benzene rings is 1. The molecule has 10 heteroatoms. The molecule has 0 unspecified atom stereocenters. The average Bonchev–Trinajstić information content (AvgIpc) is 2.90. The van der Waals surface area contributed by atoms with Gasteiger partial charge in [-0.3, -0.25) is 9.78 Å². The second kappa shape index (κ2) is 10.4. The number of pyridine rings is 1. The summed E-state index contributed by atoms with van der Waals surface area (Å²) in [6, 6.07) is 6.57. The molecule has 0 radical (unpaired) electrons. The Labute approximate surface area is 214 Å². The number of hydrogen-bond donors (Lipinski definition) is 0. The number of fused-ring (bicyclic) bond motifs is 1. The number of rotatable bonds is 6. The Bertz CT molecular complexity index is 1290. The number of anilines is 2. The fraction of sp³-hybridized carbons (Fsp3) is 0.407. The van der Waals surface area contributed by atoms with Crippen molar-refractivity contribution in [3.8, 4) is 17.0 Å². The minimum Gasteiger partial charge on any atom is -0.486 e. The van der Waals surface area contributed by atoms with Crippen LogP contribution in [0.2, 0.25) is 0 Å². The van der Waals surface area contributed by atoms with Crippen molar-refractivity contribution < 1.29 is 18.3 Å². The van der Waals surface area contributed by atoms with Crippen molar-refractivity contribution in [3.63, 3.8) is 0 Å². The molecule has 0 N–H and O–H groups in total. The molecular formula is C27H30F2N6O2. The molecule has 2 aliphatic rings. The number of carbonyl (C=O) groups excluding carboxylic acids is 1. The normalized spacial score (nSPS) is 16.1. The van der Waals surface area contributed by atoms with E-state index in [-0.39, 0.29) is 46.8 Å². The molecule has 2 aromatic heterocycles. The van der Waals surface area contributed by atoms with Gasteiger partial charge in [0.25, 0.3) is 0 Å². The summed E-state index contributed by atoms with van der Waals surface area (Å²) in [6.45, 7) is 8.73. The summed E-state index contributed by atoms with van der Waals surface area (Å²) in [5.74, 6) is -1.27. The number of piperazine rings is 1. The third-order valence-corrected chi connectivity index (χ3v) is 6.82. The topological polar surface area (TPSA) is 74.7 Å². The quantitative estimate of drug-likeness (QED) is 0.468. The van der Waals surface area contributed by atoms with Gasteiger partial charge in [0.05, 0.1) is 36.7 Å². The average molecular weight is 509 g/mol. The fourth-order valence-corrected chi connectivity index (χ4v) is 4.70. The third kappa shape index (κ3) is 5.24. The van der Waals surface area contributed by atoms with Crippen LogP contribution in [0, 0.1) is 11.6 Å². The molecule has 3 aromatic rings. The summed E-state index contributed by atoms with van der Waals surface area (Å²) in [4.78, 5) is 32.1. The van der Waals surface area contributed by atoms with Crippen LogP contribution in [0.15, 0.2) is 36.7 Å². The van der Waals surface area contributed by atoms with Crippen molar-refractivity contribution in [1.82, 2.24) is 19.9 Å². The van der Waals surface area contributed by atoms with E-state index in [9.17, 15) is 13.6 Å². The van der Waals surface area contributed by atoms with E-state index in [4.69, 9.17) is 4.74 Å². The fourth-order valence-electron chi connectivity index (χ4n) is 4.70. The largest absolute Gasteiger partial charge is 0.486 e. The Kier molecular flexibility index (Phi) is 7.01. The highest BCUT2D eigenvalue weighted by molar-refractivity contribution is 5.95. The Morgan fingerprint density at radius 3 is 2.51 bits per heavy atom. The molecule has 0 bridgehead atoms. The molecule has 37 heavy (non-hydrogen) atoms. The van der Waals surface area contributed by atoms with Crippen molar-refractivity contribution in [2.24, 2.45) is 0 Å². The molecule has 1 aromatic carbocycles. The van der Waals surface area contributed by atoms with Crippen LogP contribution in [0.1, 0.15) is 30.2 Å². The highest BCUT2D eigenvalue weighted by Crippen LogP contribution is 2.39. The standard InChI is InChI=1S/C27H30F2N6O2/c1-17(2)35-10-11-37-27-20(28)12-18(13-23(27)35)26-21(29)16-31-25(32-26)14-24(36)22-5-4-19(15-30-22)34-8-6-33(3)7-9-34/h4-5,12-13,15-17H,6-11,14H2,1-3H3. The molecule has 8 nitrogen and oxygen atoms in total. The summed E-state index contributed by atoms with van der Waals surface area (Å²) < 4.78 is 35.2. The molecule has 2 aliphatic heterocycles. The highest BCUT2D eigenvalue weighted by Gasteiger charge is 2.26. The third-order valence-electron chi connectivity index (χ3n) is 6.82. The van der Waals surface area contributed by atoms with E-state index >= 15 is 0 Å². The van der Waals surface area contributed by atoms with Gasteiger partial charge in [0.1, 0.15) is 23.8 Å². The van der Waals surface area contributed by atoms with Gasteiger partial charge >= 0.3 is 0 Å². The Morgan fingerprint density at radius 2 is 1.81 bits per heavy atom. The number of carbonyl (C=O) groups is 1. The zero-order valence-electron chi connectivity index (χ0n) is 21.2. The molecule has 0 aliphatic carbocycles. The van der Waals surface area contributed by atoms with Crippen molar-refractivity contribution in [2.75, 3.05) is 56.2 Å². The lowest BCUT2D eigenvalue weighted by atomic mass is 10.1. The second-order valence-electron chi connectivity index (χ2n) is 9.72. The maximum absolute atomic E-state index is 14.9. The first-order valence-corrected chi connectivity index (χ1v) is 12.5. The molecular weight excluding hydrogens is 478 g/mol. The molecule has 0 saturated carbocycles. The van der Waals surface area contributed by atoms with Gasteiger partial charge in [-0.2, -0.15) is 0 Å². The lowest BCUT2D eigenvalue weighted by Gasteiger charge is -2.34. The number of ether oxygens (including phenoxy) is 1. The molecule has 5 rings (SSSR count). The first kappa shape index (κ1) is 25.0. The van der Waals surface area contributed by atoms with Crippen molar-refractivity contribution in [1.29, 1.82) is 0 Å². The van der Waals surface area contributed by atoms with Crippen LogP contribution in [-0.4, -0.2) is 78.1 Å². The van der Waals surface area contributed by atoms with E-state index < -0.39 is 11.6 Å². The number of likely N-dealkylation sites (N-methyl/N-ethyl adjacent to an activating group) is 1. The number of Topliss-reactive ketones (excluding diaryl/α,β-unsaturated/α-hetero) is 1. The minimum absolute atomic E-state index is 0.0628. The van der Waals surface area contributed by atoms with E-state index in [1.165, 1.54) is 6.07 Å². The zero-order chi connectivity index (χ0) is 26.1. The van der Waals surface area contributed by atoms with E-state index in [0.717, 1.165) is 38.1 Å². The molecule has 0 atom stereocenters. The van der Waals surface area contributed by atoms with Crippen LogP contribution >= 0.6 is 0 Å². The zero-order valence-corrected chi connectivity index (χ0v) is 21.2. The SMILES string of the molecule is CC(C)N1CCOc2c(F)cc(-c3nc(CC(=O)c4ccc(N5CCN(C)CC5)cn4)ncc3F)cc21. The van der Waals surface area contributed by atoms with Gasteiger partial charge < -0.3 is 19.4 Å². The van der Waals surface area contributed by atoms with E-state index in [2.05, 4.69) is 31.8 Å². The van der Waals surface area contributed by atoms with Gasteiger partial charge in [-0.1, -0.05) is 0 Å². The van der Waals surface area contributed by atoms with Crippen LogP contribution in [0.3, 0.4) is 0 Å². The number of nitrogens with zero attached hydrogens (tertiary/aromatic N) is 6. The molecule has 4 heterocycles. The predicted octanol–water partition coefficient (Wildman–Crippen LogP) is 3.60. The lowest BCUT2D eigenvalue weighted by Crippen LogP contribution is -2.44. The Morgan fingerprint density at radius 1 is 1.03 bits per heavy atom. The highest BCUT2D eigenvalue weighted by atomic mass is 19.1. The summed E-state index contributed by atoms with van der Waals surface area (Å²) in [5, 5.41) is 0. The first-order valence-electron chi connectivity index (χ1n) is 12.5. The maximum atomic E-state index is 14.9. The van der Waals surface area contributed by atoms with Gasteiger partial charge in [-0.15, -0.1) is 0 Å². The molecule has 1 fully saturated rings. The lowest BCUT2D eigenvalue weighted by molar-refractivity contribution is 0.0986. The number of ketones is 1. The minimum atomic E-state index is -0.696. The first-order chi connectivity index (χ1) is 17.8.